The van der Waals surface area contributed by atoms with Crippen molar-refractivity contribution in [2.45, 2.75) is 6.04 Å². The van der Waals surface area contributed by atoms with Crippen molar-refractivity contribution in [3.63, 3.8) is 0 Å². The highest BCUT2D eigenvalue weighted by Gasteiger charge is 2.14. The van der Waals surface area contributed by atoms with E-state index in [0.29, 0.717) is 0 Å². The van der Waals surface area contributed by atoms with Gasteiger partial charge >= 0.3 is 0 Å². The summed E-state index contributed by atoms with van der Waals surface area (Å²) < 4.78 is 31.5. The zero-order valence-electron chi connectivity index (χ0n) is 10.8. The van der Waals surface area contributed by atoms with Crippen LogP contribution in [0.25, 0.3) is 0 Å². The van der Waals surface area contributed by atoms with E-state index in [-0.39, 0.29) is 17.6 Å². The van der Waals surface area contributed by atoms with Gasteiger partial charge in [0.1, 0.15) is 5.82 Å². The molecule has 1 atom stereocenters. The van der Waals surface area contributed by atoms with Crippen LogP contribution in [0.4, 0.5) is 8.78 Å². The molecule has 0 amide bonds. The third kappa shape index (κ3) is 2.90. The standard InChI is InChI=1S/C15H15F2NO/c1-18-15(10-3-6-12(16)7-4-10)11-5-8-14(19-2)13(17)9-11/h3-9,15,18H,1-2H3. The number of methoxy groups -OCH3 is 1. The van der Waals surface area contributed by atoms with Crippen LogP contribution in [0.2, 0.25) is 0 Å². The Morgan fingerprint density at radius 2 is 1.63 bits per heavy atom. The Labute approximate surface area is 111 Å². The van der Waals surface area contributed by atoms with E-state index in [2.05, 4.69) is 5.32 Å². The maximum Gasteiger partial charge on any atom is 0.165 e. The highest BCUT2D eigenvalue weighted by molar-refractivity contribution is 5.36. The van der Waals surface area contributed by atoms with E-state index in [9.17, 15) is 8.78 Å². The fourth-order valence-electron chi connectivity index (χ4n) is 2.04. The van der Waals surface area contributed by atoms with Crippen LogP contribution in [-0.4, -0.2) is 14.2 Å². The van der Waals surface area contributed by atoms with Crippen molar-refractivity contribution in [2.24, 2.45) is 0 Å². The highest BCUT2D eigenvalue weighted by Crippen LogP contribution is 2.26. The predicted octanol–water partition coefficient (Wildman–Crippen LogP) is 3.28. The van der Waals surface area contributed by atoms with Crippen molar-refractivity contribution in [2.75, 3.05) is 14.2 Å². The molecule has 2 rings (SSSR count). The molecule has 0 aliphatic heterocycles. The summed E-state index contributed by atoms with van der Waals surface area (Å²) in [6.07, 6.45) is 0. The van der Waals surface area contributed by atoms with E-state index < -0.39 is 5.82 Å². The zero-order valence-corrected chi connectivity index (χ0v) is 10.8. The molecule has 1 N–H and O–H groups in total. The van der Waals surface area contributed by atoms with E-state index in [1.54, 1.807) is 31.3 Å². The largest absolute Gasteiger partial charge is 0.494 e. The summed E-state index contributed by atoms with van der Waals surface area (Å²) in [6.45, 7) is 0. The Balaban J connectivity index is 2.36. The van der Waals surface area contributed by atoms with Crippen molar-refractivity contribution in [3.8, 4) is 5.75 Å². The number of hydrogen-bond donors (Lipinski definition) is 1. The lowest BCUT2D eigenvalue weighted by molar-refractivity contribution is 0.386. The minimum atomic E-state index is -0.414. The van der Waals surface area contributed by atoms with Gasteiger partial charge in [-0.15, -0.1) is 0 Å². The summed E-state index contributed by atoms with van der Waals surface area (Å²) in [5, 5.41) is 3.09. The average Bonchev–Trinajstić information content (AvgIpc) is 2.42. The van der Waals surface area contributed by atoms with Gasteiger partial charge in [-0.25, -0.2) is 8.78 Å². The van der Waals surface area contributed by atoms with Crippen molar-refractivity contribution in [3.05, 3.63) is 65.2 Å². The van der Waals surface area contributed by atoms with Crippen molar-refractivity contribution >= 4 is 0 Å². The molecule has 100 valence electrons. The molecule has 2 aromatic rings. The van der Waals surface area contributed by atoms with Crippen molar-refractivity contribution in [1.82, 2.24) is 5.32 Å². The number of rotatable bonds is 4. The van der Waals surface area contributed by atoms with Crippen LogP contribution >= 0.6 is 0 Å². The van der Waals surface area contributed by atoms with Gasteiger partial charge in [-0.1, -0.05) is 18.2 Å². The lowest BCUT2D eigenvalue weighted by Crippen LogP contribution is -2.17. The summed E-state index contributed by atoms with van der Waals surface area (Å²) in [6, 6.07) is 10.7. The molecule has 2 nitrogen and oxygen atoms in total. The predicted molar refractivity (Wildman–Crippen MR) is 70.3 cm³/mol. The SMILES string of the molecule is CNC(c1ccc(F)cc1)c1ccc(OC)c(F)c1. The van der Waals surface area contributed by atoms with Crippen LogP contribution in [0.5, 0.6) is 5.75 Å². The lowest BCUT2D eigenvalue weighted by atomic mass is 9.98. The molecule has 0 heterocycles. The van der Waals surface area contributed by atoms with E-state index in [1.165, 1.54) is 25.3 Å². The molecule has 0 saturated heterocycles. The first-order chi connectivity index (χ1) is 9.15. The molecule has 0 saturated carbocycles. The molecule has 0 bridgehead atoms. The summed E-state index contributed by atoms with van der Waals surface area (Å²) in [5.74, 6) is -0.500. The molecule has 2 aromatic carbocycles. The van der Waals surface area contributed by atoms with Crippen LogP contribution in [0, 0.1) is 11.6 Å². The Kier molecular flexibility index (Phi) is 4.12. The van der Waals surface area contributed by atoms with Gasteiger partial charge in [0.2, 0.25) is 0 Å². The molecule has 0 aliphatic carbocycles. The summed E-state index contributed by atoms with van der Waals surface area (Å²) in [7, 11) is 3.20. The van der Waals surface area contributed by atoms with E-state index >= 15 is 0 Å². The first kappa shape index (κ1) is 13.5. The van der Waals surface area contributed by atoms with Crippen LogP contribution < -0.4 is 10.1 Å². The molecule has 0 radical (unpaired) electrons. The Morgan fingerprint density at radius 1 is 1.00 bits per heavy atom. The minimum absolute atomic E-state index is 0.194. The van der Waals surface area contributed by atoms with Gasteiger partial charge in [-0.05, 0) is 42.4 Å². The number of ether oxygens (including phenoxy) is 1. The number of halogens is 2. The van der Waals surface area contributed by atoms with Gasteiger partial charge in [-0.2, -0.15) is 0 Å². The summed E-state index contributed by atoms with van der Waals surface area (Å²) in [4.78, 5) is 0. The topological polar surface area (TPSA) is 21.3 Å². The maximum atomic E-state index is 13.7. The third-order valence-corrected chi connectivity index (χ3v) is 3.00. The maximum absolute atomic E-state index is 13.7. The molecule has 0 aliphatic rings. The average molecular weight is 263 g/mol. The van der Waals surface area contributed by atoms with Gasteiger partial charge in [0.15, 0.2) is 11.6 Å². The molecule has 0 fully saturated rings. The van der Waals surface area contributed by atoms with Gasteiger partial charge in [0.25, 0.3) is 0 Å². The Bertz CT molecular complexity index is 555. The van der Waals surface area contributed by atoms with Gasteiger partial charge in [-0.3, -0.25) is 0 Å². The first-order valence-electron chi connectivity index (χ1n) is 5.92. The summed E-state index contributed by atoms with van der Waals surface area (Å²) >= 11 is 0. The van der Waals surface area contributed by atoms with Crippen LogP contribution in [0.15, 0.2) is 42.5 Å². The second-order valence-electron chi connectivity index (χ2n) is 4.17. The van der Waals surface area contributed by atoms with Crippen LogP contribution in [-0.2, 0) is 0 Å². The number of hydrogen-bond acceptors (Lipinski definition) is 2. The Hall–Kier alpha value is -1.94. The van der Waals surface area contributed by atoms with Crippen LogP contribution in [0.1, 0.15) is 17.2 Å². The van der Waals surface area contributed by atoms with E-state index in [1.807, 2.05) is 0 Å². The highest BCUT2D eigenvalue weighted by atomic mass is 19.1. The molecular formula is C15H15F2NO. The Morgan fingerprint density at radius 3 is 2.16 bits per heavy atom. The number of nitrogens with one attached hydrogen (secondary N) is 1. The molecule has 4 heteroatoms. The zero-order chi connectivity index (χ0) is 13.8. The fraction of sp³-hybridized carbons (Fsp3) is 0.200. The quantitative estimate of drug-likeness (QED) is 0.914. The monoisotopic (exact) mass is 263 g/mol. The molecular weight excluding hydrogens is 248 g/mol. The molecule has 1 unspecified atom stereocenters. The van der Waals surface area contributed by atoms with Gasteiger partial charge < -0.3 is 10.1 Å². The second kappa shape index (κ2) is 5.80. The lowest BCUT2D eigenvalue weighted by Gasteiger charge is -2.18. The van der Waals surface area contributed by atoms with Gasteiger partial charge in [0, 0.05) is 0 Å². The van der Waals surface area contributed by atoms with Crippen molar-refractivity contribution in [1.29, 1.82) is 0 Å². The number of benzene rings is 2. The van der Waals surface area contributed by atoms with E-state index in [0.717, 1.165) is 11.1 Å². The molecule has 0 aromatic heterocycles. The summed E-state index contributed by atoms with van der Waals surface area (Å²) in [5.41, 5.74) is 1.63. The van der Waals surface area contributed by atoms with E-state index in [4.69, 9.17) is 4.74 Å². The van der Waals surface area contributed by atoms with Gasteiger partial charge in [0.05, 0.1) is 13.2 Å². The fourth-order valence-corrected chi connectivity index (χ4v) is 2.04. The second-order valence-corrected chi connectivity index (χ2v) is 4.17. The minimum Gasteiger partial charge on any atom is -0.494 e. The van der Waals surface area contributed by atoms with Crippen LogP contribution in [0.3, 0.4) is 0 Å². The molecule has 0 spiro atoms. The first-order valence-corrected chi connectivity index (χ1v) is 5.92. The smallest absolute Gasteiger partial charge is 0.165 e. The third-order valence-electron chi connectivity index (χ3n) is 3.00. The normalized spacial score (nSPS) is 12.2. The molecule has 19 heavy (non-hydrogen) atoms. The van der Waals surface area contributed by atoms with Crippen molar-refractivity contribution < 1.29 is 13.5 Å².